The normalized spacial score (nSPS) is 10.2. The van der Waals surface area contributed by atoms with Crippen LogP contribution in [0.25, 0.3) is 0 Å². The molecule has 0 atom stereocenters. The number of nitrogens with one attached hydrogen (secondary N) is 1. The number of anilines is 1. The Hall–Kier alpha value is -2.16. The lowest BCUT2D eigenvalue weighted by atomic mass is 10.2. The summed E-state index contributed by atoms with van der Waals surface area (Å²) in [6.07, 6.45) is 1.02. The van der Waals surface area contributed by atoms with Crippen LogP contribution >= 0.6 is 0 Å². The molecule has 0 aromatic heterocycles. The van der Waals surface area contributed by atoms with E-state index in [9.17, 15) is 0 Å². The summed E-state index contributed by atoms with van der Waals surface area (Å²) in [5.41, 5.74) is 2.29. The molecule has 0 saturated carbocycles. The summed E-state index contributed by atoms with van der Waals surface area (Å²) in [4.78, 5) is 0. The molecule has 0 saturated heterocycles. The predicted molar refractivity (Wildman–Crippen MR) is 87.2 cm³/mol. The summed E-state index contributed by atoms with van der Waals surface area (Å²) < 4.78 is 11.1. The summed E-state index contributed by atoms with van der Waals surface area (Å²) in [5, 5.41) is 3.40. The number of hydrogen-bond donors (Lipinski definition) is 1. The third-order valence-corrected chi connectivity index (χ3v) is 3.03. The van der Waals surface area contributed by atoms with Crippen LogP contribution in [-0.2, 0) is 6.54 Å². The summed E-state index contributed by atoms with van der Waals surface area (Å²) in [7, 11) is 0. The molecule has 0 fully saturated rings. The SMILES string of the molecule is CCCOc1cccc(CNc2ccc(OCC)cc2)c1. The fraction of sp³-hybridized carbons (Fsp3) is 0.333. The molecule has 0 radical (unpaired) electrons. The average Bonchev–Trinajstić information content (AvgIpc) is 2.53. The van der Waals surface area contributed by atoms with E-state index in [0.717, 1.165) is 36.8 Å². The Morgan fingerprint density at radius 3 is 2.43 bits per heavy atom. The highest BCUT2D eigenvalue weighted by atomic mass is 16.5. The molecule has 0 unspecified atom stereocenters. The van der Waals surface area contributed by atoms with Crippen LogP contribution in [0.5, 0.6) is 11.5 Å². The minimum Gasteiger partial charge on any atom is -0.494 e. The van der Waals surface area contributed by atoms with Crippen molar-refractivity contribution in [3.05, 3.63) is 54.1 Å². The van der Waals surface area contributed by atoms with E-state index in [4.69, 9.17) is 9.47 Å². The van der Waals surface area contributed by atoms with Gasteiger partial charge in [-0.25, -0.2) is 0 Å². The van der Waals surface area contributed by atoms with E-state index < -0.39 is 0 Å². The molecule has 2 aromatic carbocycles. The maximum Gasteiger partial charge on any atom is 0.119 e. The highest BCUT2D eigenvalue weighted by molar-refractivity contribution is 5.47. The molecular weight excluding hydrogens is 262 g/mol. The largest absolute Gasteiger partial charge is 0.494 e. The maximum absolute atomic E-state index is 5.65. The van der Waals surface area contributed by atoms with Gasteiger partial charge in [-0.1, -0.05) is 19.1 Å². The van der Waals surface area contributed by atoms with Crippen molar-refractivity contribution in [2.45, 2.75) is 26.8 Å². The van der Waals surface area contributed by atoms with Crippen molar-refractivity contribution in [3.63, 3.8) is 0 Å². The molecule has 112 valence electrons. The van der Waals surface area contributed by atoms with Gasteiger partial charge in [-0.2, -0.15) is 0 Å². The third kappa shape index (κ3) is 5.03. The fourth-order valence-corrected chi connectivity index (χ4v) is 2.00. The van der Waals surface area contributed by atoms with Crippen molar-refractivity contribution in [1.82, 2.24) is 0 Å². The van der Waals surface area contributed by atoms with Gasteiger partial charge < -0.3 is 14.8 Å². The van der Waals surface area contributed by atoms with E-state index in [1.165, 1.54) is 5.56 Å². The smallest absolute Gasteiger partial charge is 0.119 e. The molecular formula is C18H23NO2. The van der Waals surface area contributed by atoms with Crippen LogP contribution in [0.4, 0.5) is 5.69 Å². The first-order valence-corrected chi connectivity index (χ1v) is 7.50. The molecule has 0 bridgehead atoms. The molecule has 0 spiro atoms. The van der Waals surface area contributed by atoms with Gasteiger partial charge in [0.2, 0.25) is 0 Å². The first-order chi connectivity index (χ1) is 10.3. The fourth-order valence-electron chi connectivity index (χ4n) is 2.00. The van der Waals surface area contributed by atoms with Crippen molar-refractivity contribution in [1.29, 1.82) is 0 Å². The summed E-state index contributed by atoms with van der Waals surface area (Å²) in [6.45, 7) is 6.32. The van der Waals surface area contributed by atoms with Gasteiger partial charge in [0.05, 0.1) is 13.2 Å². The summed E-state index contributed by atoms with van der Waals surface area (Å²) in [6, 6.07) is 16.2. The van der Waals surface area contributed by atoms with Gasteiger partial charge >= 0.3 is 0 Å². The maximum atomic E-state index is 5.65. The highest BCUT2D eigenvalue weighted by Gasteiger charge is 1.98. The first-order valence-electron chi connectivity index (χ1n) is 7.50. The highest BCUT2D eigenvalue weighted by Crippen LogP contribution is 2.18. The second-order valence-electron chi connectivity index (χ2n) is 4.81. The Kier molecular flexibility index (Phi) is 5.95. The van der Waals surface area contributed by atoms with E-state index in [2.05, 4.69) is 24.4 Å². The van der Waals surface area contributed by atoms with Crippen LogP contribution in [-0.4, -0.2) is 13.2 Å². The van der Waals surface area contributed by atoms with Crippen molar-refractivity contribution in [2.75, 3.05) is 18.5 Å². The lowest BCUT2D eigenvalue weighted by molar-refractivity contribution is 0.317. The number of hydrogen-bond acceptors (Lipinski definition) is 3. The van der Waals surface area contributed by atoms with Crippen LogP contribution in [0, 0.1) is 0 Å². The molecule has 1 N–H and O–H groups in total. The summed E-state index contributed by atoms with van der Waals surface area (Å²) in [5.74, 6) is 1.83. The summed E-state index contributed by atoms with van der Waals surface area (Å²) >= 11 is 0. The van der Waals surface area contributed by atoms with E-state index >= 15 is 0 Å². The Morgan fingerprint density at radius 2 is 1.71 bits per heavy atom. The predicted octanol–water partition coefficient (Wildman–Crippen LogP) is 4.49. The van der Waals surface area contributed by atoms with E-state index in [-0.39, 0.29) is 0 Å². The van der Waals surface area contributed by atoms with Crippen molar-refractivity contribution >= 4 is 5.69 Å². The quantitative estimate of drug-likeness (QED) is 0.775. The third-order valence-electron chi connectivity index (χ3n) is 3.03. The second-order valence-corrected chi connectivity index (χ2v) is 4.81. The van der Waals surface area contributed by atoms with Gasteiger partial charge in [0.15, 0.2) is 0 Å². The van der Waals surface area contributed by atoms with Crippen LogP contribution in [0.15, 0.2) is 48.5 Å². The van der Waals surface area contributed by atoms with Gasteiger partial charge in [-0.3, -0.25) is 0 Å². The molecule has 0 aliphatic carbocycles. The van der Waals surface area contributed by atoms with Crippen LogP contribution in [0.1, 0.15) is 25.8 Å². The topological polar surface area (TPSA) is 30.5 Å². The van der Waals surface area contributed by atoms with Crippen LogP contribution in [0.2, 0.25) is 0 Å². The van der Waals surface area contributed by atoms with Crippen LogP contribution in [0.3, 0.4) is 0 Å². The average molecular weight is 285 g/mol. The number of benzene rings is 2. The monoisotopic (exact) mass is 285 g/mol. The zero-order valence-corrected chi connectivity index (χ0v) is 12.8. The standard InChI is InChI=1S/C18H23NO2/c1-3-12-21-18-7-5-6-15(13-18)14-19-16-8-10-17(11-9-16)20-4-2/h5-11,13,19H,3-4,12,14H2,1-2H3. The van der Waals surface area contributed by atoms with E-state index in [1.807, 2.05) is 43.3 Å². The first kappa shape index (κ1) is 15.2. The molecule has 0 aliphatic heterocycles. The van der Waals surface area contributed by atoms with Crippen LogP contribution < -0.4 is 14.8 Å². The molecule has 0 heterocycles. The Labute approximate surface area is 126 Å². The second kappa shape index (κ2) is 8.20. The van der Waals surface area contributed by atoms with Crippen molar-refractivity contribution in [2.24, 2.45) is 0 Å². The van der Waals surface area contributed by atoms with Gasteiger partial charge in [-0.15, -0.1) is 0 Å². The Bertz CT molecular complexity index is 537. The zero-order valence-electron chi connectivity index (χ0n) is 12.8. The van der Waals surface area contributed by atoms with Gasteiger partial charge in [-0.05, 0) is 55.3 Å². The minimum atomic E-state index is 0.692. The Balaban J connectivity index is 1.90. The van der Waals surface area contributed by atoms with Gasteiger partial charge in [0.25, 0.3) is 0 Å². The van der Waals surface area contributed by atoms with Crippen molar-refractivity contribution in [3.8, 4) is 11.5 Å². The molecule has 0 aliphatic rings. The molecule has 21 heavy (non-hydrogen) atoms. The Morgan fingerprint density at radius 1 is 0.905 bits per heavy atom. The van der Waals surface area contributed by atoms with E-state index in [1.54, 1.807) is 0 Å². The molecule has 0 amide bonds. The molecule has 3 nitrogen and oxygen atoms in total. The molecule has 3 heteroatoms. The molecule has 2 aromatic rings. The molecule has 2 rings (SSSR count). The number of ether oxygens (including phenoxy) is 2. The minimum absolute atomic E-state index is 0.692. The van der Waals surface area contributed by atoms with Gasteiger partial charge in [0.1, 0.15) is 11.5 Å². The lowest BCUT2D eigenvalue weighted by Crippen LogP contribution is -2.01. The number of rotatable bonds is 8. The van der Waals surface area contributed by atoms with E-state index in [0.29, 0.717) is 6.61 Å². The van der Waals surface area contributed by atoms with Crippen molar-refractivity contribution < 1.29 is 9.47 Å². The zero-order chi connectivity index (χ0) is 14.9. The van der Waals surface area contributed by atoms with Gasteiger partial charge in [0, 0.05) is 12.2 Å². The lowest BCUT2D eigenvalue weighted by Gasteiger charge is -2.10.